The lowest BCUT2D eigenvalue weighted by atomic mass is 10.1. The molecule has 1 aliphatic heterocycles. The molecular formula is C24H33N3O. The summed E-state index contributed by atoms with van der Waals surface area (Å²) in [5.74, 6) is 0.0136. The lowest BCUT2D eigenvalue weighted by molar-refractivity contribution is -0.111. The molecule has 28 heavy (non-hydrogen) atoms. The molecule has 0 amide bonds. The summed E-state index contributed by atoms with van der Waals surface area (Å²) >= 11 is 0. The summed E-state index contributed by atoms with van der Waals surface area (Å²) in [5, 5.41) is 3.21. The Morgan fingerprint density at radius 1 is 0.929 bits per heavy atom. The maximum atomic E-state index is 12.2. The number of aromatic nitrogens is 2. The molecule has 0 fully saturated rings. The second kappa shape index (κ2) is 10.7. The smallest absolute Gasteiger partial charge is 0.204 e. The zero-order chi connectivity index (χ0) is 19.6. The fraction of sp³-hybridized carbons (Fsp3) is 0.458. The molecule has 1 aliphatic rings. The zero-order valence-electron chi connectivity index (χ0n) is 17.0. The molecule has 0 atom stereocenters. The number of aryl methyl sites for hydroxylation is 1. The van der Waals surface area contributed by atoms with E-state index >= 15 is 0 Å². The number of aromatic amines is 2. The minimum Gasteiger partial charge on any atom is -0.360 e. The van der Waals surface area contributed by atoms with Gasteiger partial charge in [0.1, 0.15) is 0 Å². The van der Waals surface area contributed by atoms with Crippen molar-refractivity contribution < 1.29 is 4.79 Å². The SMILES string of the molecule is CCCCCCCCCCCc1ccc(/C=C2/NC(c3ccc[nH]3)=CC2=O)[nH]1. The van der Waals surface area contributed by atoms with Crippen LogP contribution in [0.3, 0.4) is 0 Å². The van der Waals surface area contributed by atoms with E-state index in [2.05, 4.69) is 34.3 Å². The number of rotatable bonds is 12. The minimum absolute atomic E-state index is 0.0136. The Hall–Kier alpha value is -2.49. The van der Waals surface area contributed by atoms with E-state index in [-0.39, 0.29) is 5.78 Å². The van der Waals surface area contributed by atoms with Gasteiger partial charge in [-0.2, -0.15) is 0 Å². The Balaban J connectivity index is 1.38. The van der Waals surface area contributed by atoms with Crippen LogP contribution in [0.5, 0.6) is 0 Å². The third kappa shape index (κ3) is 6.01. The number of ketones is 1. The number of H-pyrrole nitrogens is 2. The molecule has 3 N–H and O–H groups in total. The van der Waals surface area contributed by atoms with E-state index in [1.54, 1.807) is 6.08 Å². The molecule has 3 heterocycles. The molecule has 0 radical (unpaired) electrons. The number of allylic oxidation sites excluding steroid dienone is 1. The lowest BCUT2D eigenvalue weighted by Crippen LogP contribution is -2.09. The average molecular weight is 380 g/mol. The first kappa shape index (κ1) is 20.2. The third-order valence-corrected chi connectivity index (χ3v) is 5.32. The Kier molecular flexibility index (Phi) is 7.77. The van der Waals surface area contributed by atoms with Crippen LogP contribution in [0, 0.1) is 0 Å². The number of nitrogens with one attached hydrogen (secondary N) is 3. The van der Waals surface area contributed by atoms with Gasteiger partial charge in [-0.15, -0.1) is 0 Å². The third-order valence-electron chi connectivity index (χ3n) is 5.32. The molecule has 2 aromatic rings. The van der Waals surface area contributed by atoms with Gasteiger partial charge in [0.15, 0.2) is 0 Å². The van der Waals surface area contributed by atoms with Crippen LogP contribution in [-0.4, -0.2) is 15.8 Å². The molecule has 3 rings (SSSR count). The van der Waals surface area contributed by atoms with Crippen molar-refractivity contribution in [2.45, 2.75) is 71.1 Å². The maximum absolute atomic E-state index is 12.2. The van der Waals surface area contributed by atoms with Crippen LogP contribution in [0.2, 0.25) is 0 Å². The number of hydrogen-bond donors (Lipinski definition) is 3. The predicted molar refractivity (Wildman–Crippen MR) is 117 cm³/mol. The van der Waals surface area contributed by atoms with E-state index in [9.17, 15) is 4.79 Å². The van der Waals surface area contributed by atoms with Gasteiger partial charge < -0.3 is 15.3 Å². The predicted octanol–water partition coefficient (Wildman–Crippen LogP) is 5.97. The van der Waals surface area contributed by atoms with Crippen molar-refractivity contribution in [2.75, 3.05) is 0 Å². The molecule has 150 valence electrons. The molecule has 0 saturated heterocycles. The Labute approximate surface area is 168 Å². The largest absolute Gasteiger partial charge is 0.360 e. The van der Waals surface area contributed by atoms with Crippen LogP contribution in [0.1, 0.15) is 81.8 Å². The normalized spacial score (nSPS) is 15.2. The molecule has 4 nitrogen and oxygen atoms in total. The van der Waals surface area contributed by atoms with Crippen molar-refractivity contribution in [1.82, 2.24) is 15.3 Å². The van der Waals surface area contributed by atoms with Crippen molar-refractivity contribution in [3.05, 3.63) is 59.3 Å². The summed E-state index contributed by atoms with van der Waals surface area (Å²) in [6.45, 7) is 2.27. The van der Waals surface area contributed by atoms with Gasteiger partial charge in [-0.1, -0.05) is 58.3 Å². The standard InChI is InChI=1S/C24H33N3O/c1-2-3-4-5-6-7-8-9-10-12-19-14-15-20(26-19)17-23-24(28)18-22(27-23)21-13-11-16-25-21/h11,13-18,25-27H,2-10,12H2,1H3/b23-17+. The fourth-order valence-corrected chi connectivity index (χ4v) is 3.67. The first-order chi connectivity index (χ1) is 13.8. The van der Waals surface area contributed by atoms with E-state index in [0.717, 1.165) is 23.5 Å². The average Bonchev–Trinajstić information content (AvgIpc) is 3.43. The van der Waals surface area contributed by atoms with Gasteiger partial charge in [-0.3, -0.25) is 4.79 Å². The molecule has 0 aliphatic carbocycles. The van der Waals surface area contributed by atoms with Crippen LogP contribution in [0.25, 0.3) is 11.8 Å². The monoisotopic (exact) mass is 379 g/mol. The van der Waals surface area contributed by atoms with Crippen molar-refractivity contribution in [3.63, 3.8) is 0 Å². The van der Waals surface area contributed by atoms with E-state index in [1.807, 2.05) is 24.4 Å². The van der Waals surface area contributed by atoms with Crippen LogP contribution in [0.4, 0.5) is 0 Å². The summed E-state index contributed by atoms with van der Waals surface area (Å²) in [7, 11) is 0. The number of carbonyl (C=O) groups is 1. The minimum atomic E-state index is 0.0136. The molecular weight excluding hydrogens is 346 g/mol. The van der Waals surface area contributed by atoms with Crippen LogP contribution in [0.15, 0.2) is 42.2 Å². The van der Waals surface area contributed by atoms with Crippen molar-refractivity contribution in [3.8, 4) is 0 Å². The maximum Gasteiger partial charge on any atom is 0.204 e. The molecule has 0 unspecified atom stereocenters. The molecule has 2 aromatic heterocycles. The highest BCUT2D eigenvalue weighted by Crippen LogP contribution is 2.20. The van der Waals surface area contributed by atoms with Crippen LogP contribution < -0.4 is 5.32 Å². The van der Waals surface area contributed by atoms with Crippen LogP contribution in [-0.2, 0) is 11.2 Å². The van der Waals surface area contributed by atoms with Gasteiger partial charge >= 0.3 is 0 Å². The topological polar surface area (TPSA) is 60.7 Å². The Morgan fingerprint density at radius 3 is 2.39 bits per heavy atom. The lowest BCUT2D eigenvalue weighted by Gasteiger charge is -2.03. The highest BCUT2D eigenvalue weighted by atomic mass is 16.1. The first-order valence-electron chi connectivity index (χ1n) is 10.8. The highest BCUT2D eigenvalue weighted by Gasteiger charge is 2.19. The van der Waals surface area contributed by atoms with E-state index < -0.39 is 0 Å². The zero-order valence-corrected chi connectivity index (χ0v) is 17.0. The number of hydrogen-bond acceptors (Lipinski definition) is 2. The van der Waals surface area contributed by atoms with Gasteiger partial charge in [0.05, 0.1) is 17.1 Å². The van der Waals surface area contributed by atoms with E-state index in [0.29, 0.717) is 5.70 Å². The van der Waals surface area contributed by atoms with Crippen molar-refractivity contribution in [1.29, 1.82) is 0 Å². The van der Waals surface area contributed by atoms with Gasteiger partial charge in [0, 0.05) is 23.7 Å². The molecule has 0 spiro atoms. The van der Waals surface area contributed by atoms with Gasteiger partial charge in [0.2, 0.25) is 5.78 Å². The molecule has 0 bridgehead atoms. The molecule has 0 saturated carbocycles. The quantitative estimate of drug-likeness (QED) is 0.314. The Morgan fingerprint density at radius 2 is 1.68 bits per heavy atom. The van der Waals surface area contributed by atoms with Gasteiger partial charge in [0.25, 0.3) is 0 Å². The van der Waals surface area contributed by atoms with Gasteiger partial charge in [-0.25, -0.2) is 0 Å². The fourth-order valence-electron chi connectivity index (χ4n) is 3.67. The first-order valence-corrected chi connectivity index (χ1v) is 10.8. The second-order valence-corrected chi connectivity index (χ2v) is 7.71. The van der Waals surface area contributed by atoms with E-state index in [4.69, 9.17) is 0 Å². The number of unbranched alkanes of at least 4 members (excludes halogenated alkanes) is 8. The second-order valence-electron chi connectivity index (χ2n) is 7.71. The van der Waals surface area contributed by atoms with Crippen LogP contribution >= 0.6 is 0 Å². The van der Waals surface area contributed by atoms with Crippen molar-refractivity contribution in [2.24, 2.45) is 0 Å². The van der Waals surface area contributed by atoms with E-state index in [1.165, 1.54) is 63.5 Å². The molecule has 0 aromatic carbocycles. The summed E-state index contributed by atoms with van der Waals surface area (Å²) in [6, 6.07) is 8.06. The summed E-state index contributed by atoms with van der Waals surface area (Å²) in [4.78, 5) is 18.8. The highest BCUT2D eigenvalue weighted by molar-refractivity contribution is 6.14. The van der Waals surface area contributed by atoms with Crippen molar-refractivity contribution >= 4 is 17.6 Å². The van der Waals surface area contributed by atoms with Gasteiger partial charge in [-0.05, 0) is 43.2 Å². The summed E-state index contributed by atoms with van der Waals surface area (Å²) in [6.07, 6.45) is 18.6. The summed E-state index contributed by atoms with van der Waals surface area (Å²) in [5.41, 5.74) is 4.58. The Bertz CT molecular complexity index is 796. The number of carbonyl (C=O) groups excluding carboxylic acids is 1. The molecule has 4 heteroatoms. The summed E-state index contributed by atoms with van der Waals surface area (Å²) < 4.78 is 0.